The van der Waals surface area contributed by atoms with Crippen molar-refractivity contribution in [3.8, 4) is 22.5 Å². The van der Waals surface area contributed by atoms with E-state index >= 15 is 0 Å². The summed E-state index contributed by atoms with van der Waals surface area (Å²) in [5.41, 5.74) is 5.83. The molecule has 2 heterocycles. The Bertz CT molecular complexity index is 2710. The van der Waals surface area contributed by atoms with Crippen LogP contribution >= 0.6 is 69.1 Å². The number of anilines is 2. The zero-order valence-electron chi connectivity index (χ0n) is 42.6. The molecule has 0 atom stereocenters. The number of carboxylic acids is 1. The minimum atomic E-state index is -0.939. The molecule has 20 heteroatoms. The summed E-state index contributed by atoms with van der Waals surface area (Å²) in [6.45, 7) is 13.3. The number of nitrogens with one attached hydrogen (secondary N) is 2. The van der Waals surface area contributed by atoms with Gasteiger partial charge >= 0.3 is 30.8 Å². The summed E-state index contributed by atoms with van der Waals surface area (Å²) in [7, 11) is 0. The molecular formula is C54H63Cl4LiN6O7S2. The molecule has 0 aliphatic carbocycles. The van der Waals surface area contributed by atoms with Gasteiger partial charge in [0.1, 0.15) is 0 Å². The van der Waals surface area contributed by atoms with Gasteiger partial charge < -0.3 is 35.8 Å². The number of carbonyl (C=O) groups is 4. The summed E-state index contributed by atoms with van der Waals surface area (Å²) in [6.07, 6.45) is 2.30. The van der Waals surface area contributed by atoms with E-state index in [0.29, 0.717) is 64.7 Å². The largest absolute Gasteiger partial charge is 1.00 e. The van der Waals surface area contributed by atoms with E-state index < -0.39 is 5.97 Å². The Hall–Kier alpha value is -4.66. The Morgan fingerprint density at radius 2 is 1.01 bits per heavy atom. The average Bonchev–Trinajstić information content (AvgIpc) is 3.95. The van der Waals surface area contributed by atoms with Gasteiger partial charge in [-0.05, 0) is 67.0 Å². The molecule has 4 N–H and O–H groups in total. The van der Waals surface area contributed by atoms with Gasteiger partial charge in [0.15, 0.2) is 10.3 Å². The van der Waals surface area contributed by atoms with Crippen molar-refractivity contribution in [3.05, 3.63) is 138 Å². The van der Waals surface area contributed by atoms with Crippen molar-refractivity contribution in [1.29, 1.82) is 0 Å². The second-order valence-electron chi connectivity index (χ2n) is 17.7. The number of ether oxygens (including phenoxy) is 1. The summed E-state index contributed by atoms with van der Waals surface area (Å²) < 4.78 is 4.92. The fourth-order valence-corrected chi connectivity index (χ4v) is 10.5. The number of thiazole rings is 2. The van der Waals surface area contributed by atoms with E-state index in [-0.39, 0.29) is 80.9 Å². The Labute approximate surface area is 474 Å². The molecule has 0 radical (unpaired) electrons. The van der Waals surface area contributed by atoms with Crippen LogP contribution in [0.1, 0.15) is 81.2 Å². The van der Waals surface area contributed by atoms with Gasteiger partial charge in [0.05, 0.1) is 50.9 Å². The molecule has 74 heavy (non-hydrogen) atoms. The van der Waals surface area contributed by atoms with Crippen molar-refractivity contribution in [2.75, 3.05) is 42.6 Å². The molecule has 392 valence electrons. The summed E-state index contributed by atoms with van der Waals surface area (Å²) in [6, 6.07) is 31.3. The predicted molar refractivity (Wildman–Crippen MR) is 298 cm³/mol. The Morgan fingerprint density at radius 3 is 1.38 bits per heavy atom. The second kappa shape index (κ2) is 32.7. The van der Waals surface area contributed by atoms with E-state index in [2.05, 4.69) is 60.3 Å². The van der Waals surface area contributed by atoms with Crippen LogP contribution in [0.3, 0.4) is 0 Å². The van der Waals surface area contributed by atoms with Crippen LogP contribution in [-0.2, 0) is 49.8 Å². The molecule has 13 nitrogen and oxygen atoms in total. The van der Waals surface area contributed by atoms with Crippen LogP contribution in [0.4, 0.5) is 10.3 Å². The molecule has 0 unspecified atom stereocenters. The van der Waals surface area contributed by atoms with Crippen molar-refractivity contribution in [3.63, 3.8) is 0 Å². The van der Waals surface area contributed by atoms with Crippen molar-refractivity contribution >= 4 is 103 Å². The first-order valence-electron chi connectivity index (χ1n) is 23.9. The summed E-state index contributed by atoms with van der Waals surface area (Å²) in [5.74, 6) is -0.677. The number of hydrogen-bond donors (Lipinski definition) is 3. The molecule has 0 aliphatic heterocycles. The SMILES string of the molecule is CC(C)Cc1sc(N(CCC(=O)NCCC(=O)O)Cc2ccccc2)nc1-c1ccc(Cl)c(Cl)c1.CCOC(=O)CCNC(=O)CCN(Cc1ccccc1)c1nc(-c2ccc(Cl)c(Cl)c2)c(CC(C)C)s1.[Li+].[OH-]. The van der Waals surface area contributed by atoms with Crippen molar-refractivity contribution in [2.45, 2.75) is 86.2 Å². The number of esters is 1. The number of hydrogen-bond acceptors (Lipinski definition) is 12. The van der Waals surface area contributed by atoms with E-state index in [0.717, 1.165) is 61.6 Å². The van der Waals surface area contributed by atoms with Crippen LogP contribution in [-0.4, -0.2) is 77.1 Å². The van der Waals surface area contributed by atoms with Crippen LogP contribution in [0.5, 0.6) is 0 Å². The van der Waals surface area contributed by atoms with E-state index in [4.69, 9.17) is 66.2 Å². The minimum absolute atomic E-state index is 0. The van der Waals surface area contributed by atoms with Crippen LogP contribution < -0.4 is 39.3 Å². The molecule has 0 saturated heterocycles. The third-order valence-corrected chi connectivity index (χ3v) is 14.5. The standard InChI is InChI=1S/C28H33Cl2N3O3S.C26H29Cl2N3O3S.Li.H2O/c1-4-36-26(35)12-14-31-25(34)13-15-33(18-20-8-6-5-7-9-20)28-32-27(24(37-28)16-19(2)3)21-10-11-22(29)23(30)17-21;1-17(2)14-22-25(19-8-9-20(27)21(28)15-19)30-26(35-22)31(16-18-6-4-3-5-7-18)13-11-23(32)29-12-10-24(33)34;;/h5-11,17,19H,4,12-16,18H2,1-3H3,(H,31,34);3-9,15,17H,10-14,16H2,1-2H3,(H,29,32)(H,33,34);;1H2/q;;+1;/p-1. The van der Waals surface area contributed by atoms with Crippen molar-refractivity contribution in [2.24, 2.45) is 11.8 Å². The number of rotatable bonds is 25. The van der Waals surface area contributed by atoms with Gasteiger partial charge in [-0.25, -0.2) is 9.97 Å². The first-order valence-corrected chi connectivity index (χ1v) is 27.0. The number of aromatic nitrogens is 2. The molecule has 0 fully saturated rings. The fourth-order valence-electron chi connectivity index (χ4n) is 7.29. The third kappa shape index (κ3) is 21.2. The Balaban J connectivity index is 0.000000381. The van der Waals surface area contributed by atoms with Crippen molar-refractivity contribution in [1.82, 2.24) is 20.6 Å². The average molecular weight is 1120 g/mol. The molecule has 6 aromatic rings. The second-order valence-corrected chi connectivity index (χ2v) is 21.5. The summed E-state index contributed by atoms with van der Waals surface area (Å²) in [5, 5.41) is 17.9. The molecule has 4 aromatic carbocycles. The molecule has 6 rings (SSSR count). The molecule has 2 aromatic heterocycles. The molecule has 0 aliphatic rings. The van der Waals surface area contributed by atoms with Crippen LogP contribution in [0.15, 0.2) is 97.1 Å². The maximum atomic E-state index is 12.5. The quantitative estimate of drug-likeness (QED) is 0.0366. The maximum Gasteiger partial charge on any atom is 1.00 e. The Morgan fingerprint density at radius 1 is 0.608 bits per heavy atom. The molecular weight excluding hydrogens is 1060 g/mol. The number of carboxylic acid groups (broad SMARTS) is 1. The van der Waals surface area contributed by atoms with Crippen LogP contribution in [0.25, 0.3) is 22.5 Å². The Kier molecular flexibility index (Phi) is 28.1. The molecule has 0 saturated carbocycles. The zero-order valence-corrected chi connectivity index (χ0v) is 47.3. The predicted octanol–water partition coefficient (Wildman–Crippen LogP) is 9.91. The van der Waals surface area contributed by atoms with Gasteiger partial charge in [0, 0.05) is 73.0 Å². The number of amides is 2. The van der Waals surface area contributed by atoms with E-state index in [9.17, 15) is 19.2 Å². The number of carbonyl (C=O) groups excluding carboxylic acids is 3. The van der Waals surface area contributed by atoms with E-state index in [1.54, 1.807) is 41.7 Å². The van der Waals surface area contributed by atoms with E-state index in [1.807, 2.05) is 72.8 Å². The van der Waals surface area contributed by atoms with Gasteiger partial charge in [-0.1, -0.05) is 147 Å². The summed E-state index contributed by atoms with van der Waals surface area (Å²) >= 11 is 28.2. The number of halogens is 4. The number of aliphatic carboxylic acids is 1. The molecule has 0 bridgehead atoms. The van der Waals surface area contributed by atoms with Gasteiger partial charge in [-0.15, -0.1) is 22.7 Å². The first kappa shape index (κ1) is 63.6. The fraction of sp³-hybridized carbons (Fsp3) is 0.370. The third-order valence-electron chi connectivity index (χ3n) is 10.8. The van der Waals surface area contributed by atoms with Crippen molar-refractivity contribution < 1.29 is 53.4 Å². The van der Waals surface area contributed by atoms with Crippen LogP contribution in [0, 0.1) is 11.8 Å². The maximum absolute atomic E-state index is 12.5. The smallest absolute Gasteiger partial charge is 0.870 e. The number of benzene rings is 4. The van der Waals surface area contributed by atoms with Gasteiger partial charge in [0.25, 0.3) is 0 Å². The molecule has 2 amide bonds. The van der Waals surface area contributed by atoms with Gasteiger partial charge in [-0.2, -0.15) is 0 Å². The summed E-state index contributed by atoms with van der Waals surface area (Å²) in [4.78, 5) is 63.7. The first-order chi connectivity index (χ1) is 34.5. The van der Waals surface area contributed by atoms with Crippen LogP contribution in [0.2, 0.25) is 20.1 Å². The minimum Gasteiger partial charge on any atom is -0.870 e. The van der Waals surface area contributed by atoms with Gasteiger partial charge in [0.2, 0.25) is 11.8 Å². The topological polar surface area (TPSA) is 184 Å². The van der Waals surface area contributed by atoms with E-state index in [1.165, 1.54) is 4.88 Å². The zero-order chi connectivity index (χ0) is 52.2. The molecule has 0 spiro atoms. The van der Waals surface area contributed by atoms with Gasteiger partial charge in [-0.3, -0.25) is 19.2 Å². The monoisotopic (exact) mass is 1120 g/mol. The number of nitrogens with zero attached hydrogens (tertiary/aromatic N) is 4. The normalized spacial score (nSPS) is 10.7.